The molecule has 100 valence electrons. The van der Waals surface area contributed by atoms with E-state index in [0.29, 0.717) is 18.4 Å². The van der Waals surface area contributed by atoms with Gasteiger partial charge in [-0.15, -0.1) is 0 Å². The van der Waals surface area contributed by atoms with Crippen molar-refractivity contribution in [3.8, 4) is 5.75 Å². The number of nitrogens with zero attached hydrogens (tertiary/aromatic N) is 2. The van der Waals surface area contributed by atoms with Crippen LogP contribution in [0, 0.1) is 5.92 Å². The fourth-order valence-corrected chi connectivity index (χ4v) is 1.61. The highest BCUT2D eigenvalue weighted by Crippen LogP contribution is 2.19. The molecule has 0 aliphatic rings. The molecule has 4 nitrogen and oxygen atoms in total. The quantitative estimate of drug-likeness (QED) is 0.863. The number of aromatic nitrogens is 2. The van der Waals surface area contributed by atoms with Crippen molar-refractivity contribution in [3.63, 3.8) is 0 Å². The minimum Gasteiger partial charge on any atom is -0.493 e. The number of nitrogens with one attached hydrogen (secondary N) is 1. The number of hydrogen-bond donors (Lipinski definition) is 1. The van der Waals surface area contributed by atoms with Gasteiger partial charge in [0.15, 0.2) is 0 Å². The lowest BCUT2D eigenvalue weighted by molar-refractivity contribution is 0.269. The van der Waals surface area contributed by atoms with Crippen LogP contribution in [-0.2, 0) is 6.54 Å². The molecule has 1 aromatic heterocycles. The molecule has 2 aromatic rings. The predicted molar refractivity (Wildman–Crippen MR) is 76.1 cm³/mol. The van der Waals surface area contributed by atoms with Gasteiger partial charge in [0.2, 0.25) is 5.95 Å². The summed E-state index contributed by atoms with van der Waals surface area (Å²) in [6.07, 6.45) is 3.44. The van der Waals surface area contributed by atoms with Crippen molar-refractivity contribution in [3.05, 3.63) is 48.3 Å². The third kappa shape index (κ3) is 4.25. The molecule has 0 bridgehead atoms. The Kier molecular flexibility index (Phi) is 4.72. The molecule has 0 atom stereocenters. The summed E-state index contributed by atoms with van der Waals surface area (Å²) >= 11 is 0. The second kappa shape index (κ2) is 6.73. The summed E-state index contributed by atoms with van der Waals surface area (Å²) in [6.45, 7) is 5.65. The number of rotatable bonds is 6. The van der Waals surface area contributed by atoms with E-state index < -0.39 is 0 Å². The van der Waals surface area contributed by atoms with Crippen LogP contribution in [0.4, 0.5) is 5.95 Å². The van der Waals surface area contributed by atoms with E-state index in [-0.39, 0.29) is 0 Å². The van der Waals surface area contributed by atoms with E-state index in [1.807, 2.05) is 24.3 Å². The van der Waals surface area contributed by atoms with Crippen molar-refractivity contribution in [2.24, 2.45) is 5.92 Å². The second-order valence-electron chi connectivity index (χ2n) is 4.74. The number of para-hydroxylation sites is 1. The first kappa shape index (κ1) is 13.3. The van der Waals surface area contributed by atoms with E-state index in [1.54, 1.807) is 18.5 Å². The van der Waals surface area contributed by atoms with Crippen molar-refractivity contribution in [2.45, 2.75) is 20.4 Å². The maximum atomic E-state index is 5.81. The van der Waals surface area contributed by atoms with Gasteiger partial charge in [-0.25, -0.2) is 9.97 Å². The summed E-state index contributed by atoms with van der Waals surface area (Å²) < 4.78 is 5.81. The Morgan fingerprint density at radius 2 is 1.84 bits per heavy atom. The molecule has 0 spiro atoms. The third-order valence-electron chi connectivity index (χ3n) is 2.55. The van der Waals surface area contributed by atoms with Gasteiger partial charge in [-0.2, -0.15) is 0 Å². The number of ether oxygens (including phenoxy) is 1. The second-order valence-corrected chi connectivity index (χ2v) is 4.74. The Balaban J connectivity index is 1.99. The van der Waals surface area contributed by atoms with Gasteiger partial charge in [0.05, 0.1) is 6.61 Å². The highest BCUT2D eigenvalue weighted by atomic mass is 16.5. The molecule has 1 aromatic carbocycles. The first-order chi connectivity index (χ1) is 9.25. The van der Waals surface area contributed by atoms with Gasteiger partial charge in [0, 0.05) is 24.5 Å². The maximum absolute atomic E-state index is 5.81. The molecule has 0 unspecified atom stereocenters. The first-order valence-electron chi connectivity index (χ1n) is 6.47. The molecule has 0 fully saturated rings. The summed E-state index contributed by atoms with van der Waals surface area (Å²) in [7, 11) is 0. The van der Waals surface area contributed by atoms with Crippen LogP contribution < -0.4 is 10.1 Å². The van der Waals surface area contributed by atoms with Gasteiger partial charge in [-0.05, 0) is 18.1 Å². The monoisotopic (exact) mass is 257 g/mol. The smallest absolute Gasteiger partial charge is 0.222 e. The van der Waals surface area contributed by atoms with E-state index in [1.165, 1.54) is 0 Å². The minimum atomic E-state index is 0.512. The summed E-state index contributed by atoms with van der Waals surface area (Å²) in [4.78, 5) is 8.27. The standard InChI is InChI=1S/C15H19N3O/c1-12(2)11-19-14-7-4-3-6-13(14)10-18-15-16-8-5-9-17-15/h3-9,12H,10-11H2,1-2H3,(H,16,17,18). The van der Waals surface area contributed by atoms with Crippen LogP contribution in [-0.4, -0.2) is 16.6 Å². The zero-order chi connectivity index (χ0) is 13.5. The van der Waals surface area contributed by atoms with Gasteiger partial charge in [0.1, 0.15) is 5.75 Å². The highest BCUT2D eigenvalue weighted by Gasteiger charge is 2.04. The Morgan fingerprint density at radius 1 is 1.11 bits per heavy atom. The molecular weight excluding hydrogens is 238 g/mol. The van der Waals surface area contributed by atoms with Crippen molar-refractivity contribution < 1.29 is 4.74 Å². The zero-order valence-electron chi connectivity index (χ0n) is 11.3. The van der Waals surface area contributed by atoms with Crippen LogP contribution in [0.25, 0.3) is 0 Å². The normalized spacial score (nSPS) is 10.5. The zero-order valence-corrected chi connectivity index (χ0v) is 11.3. The van der Waals surface area contributed by atoms with Crippen LogP contribution in [0.1, 0.15) is 19.4 Å². The van der Waals surface area contributed by atoms with E-state index >= 15 is 0 Å². The van der Waals surface area contributed by atoms with Crippen LogP contribution in [0.15, 0.2) is 42.7 Å². The fourth-order valence-electron chi connectivity index (χ4n) is 1.61. The summed E-state index contributed by atoms with van der Waals surface area (Å²) in [6, 6.07) is 9.82. The number of hydrogen-bond acceptors (Lipinski definition) is 4. The van der Waals surface area contributed by atoms with Gasteiger partial charge < -0.3 is 10.1 Å². The molecule has 1 heterocycles. The molecule has 4 heteroatoms. The van der Waals surface area contributed by atoms with Gasteiger partial charge in [0.25, 0.3) is 0 Å². The molecule has 0 saturated carbocycles. The SMILES string of the molecule is CC(C)COc1ccccc1CNc1ncccn1. The van der Waals surface area contributed by atoms with Gasteiger partial charge >= 0.3 is 0 Å². The lowest BCUT2D eigenvalue weighted by Gasteiger charge is -2.13. The lowest BCUT2D eigenvalue weighted by atomic mass is 10.2. The molecular formula is C15H19N3O. The molecule has 2 rings (SSSR count). The summed E-state index contributed by atoms with van der Waals surface area (Å²) in [5.74, 6) is 2.05. The average molecular weight is 257 g/mol. The van der Waals surface area contributed by atoms with Crippen LogP contribution >= 0.6 is 0 Å². The van der Waals surface area contributed by atoms with Gasteiger partial charge in [-0.1, -0.05) is 32.0 Å². The third-order valence-corrected chi connectivity index (χ3v) is 2.55. The number of anilines is 1. The summed E-state index contributed by atoms with van der Waals surface area (Å²) in [5, 5.41) is 3.19. The van der Waals surface area contributed by atoms with Crippen LogP contribution in [0.3, 0.4) is 0 Å². The Bertz CT molecular complexity index is 500. The Labute approximate surface area is 113 Å². The molecule has 0 aliphatic heterocycles. The van der Waals surface area contributed by atoms with Crippen LogP contribution in [0.2, 0.25) is 0 Å². The predicted octanol–water partition coefficient (Wildman–Crippen LogP) is 3.12. The van der Waals surface area contributed by atoms with Gasteiger partial charge in [-0.3, -0.25) is 0 Å². The van der Waals surface area contributed by atoms with E-state index in [9.17, 15) is 0 Å². The first-order valence-corrected chi connectivity index (χ1v) is 6.47. The largest absolute Gasteiger partial charge is 0.493 e. The molecule has 0 amide bonds. The molecule has 19 heavy (non-hydrogen) atoms. The molecule has 0 saturated heterocycles. The van der Waals surface area contributed by atoms with Crippen molar-refractivity contribution in [1.82, 2.24) is 9.97 Å². The topological polar surface area (TPSA) is 47.0 Å². The maximum Gasteiger partial charge on any atom is 0.222 e. The number of benzene rings is 1. The van der Waals surface area contributed by atoms with E-state index in [4.69, 9.17) is 4.74 Å². The minimum absolute atomic E-state index is 0.512. The van der Waals surface area contributed by atoms with Crippen molar-refractivity contribution >= 4 is 5.95 Å². The molecule has 1 N–H and O–H groups in total. The Morgan fingerprint density at radius 3 is 2.58 bits per heavy atom. The summed E-state index contributed by atoms with van der Waals surface area (Å²) in [5.41, 5.74) is 1.11. The van der Waals surface area contributed by atoms with E-state index in [2.05, 4.69) is 29.1 Å². The molecule has 0 aliphatic carbocycles. The van der Waals surface area contributed by atoms with Crippen molar-refractivity contribution in [1.29, 1.82) is 0 Å². The lowest BCUT2D eigenvalue weighted by Crippen LogP contribution is -2.08. The molecule has 0 radical (unpaired) electrons. The Hall–Kier alpha value is -2.10. The highest BCUT2D eigenvalue weighted by molar-refractivity contribution is 5.36. The van der Waals surface area contributed by atoms with Crippen molar-refractivity contribution in [2.75, 3.05) is 11.9 Å². The van der Waals surface area contributed by atoms with E-state index in [0.717, 1.165) is 17.9 Å². The van der Waals surface area contributed by atoms with Crippen LogP contribution in [0.5, 0.6) is 5.75 Å². The average Bonchev–Trinajstić information content (AvgIpc) is 2.45. The fraction of sp³-hybridized carbons (Fsp3) is 0.333.